The summed E-state index contributed by atoms with van der Waals surface area (Å²) in [7, 11) is 0. The van der Waals surface area contributed by atoms with Crippen molar-refractivity contribution < 1.29 is 4.79 Å². The minimum absolute atomic E-state index is 0.0156. The van der Waals surface area contributed by atoms with Crippen LogP contribution in [-0.2, 0) is 0 Å². The normalized spacial score (nSPS) is 23.6. The quantitative estimate of drug-likeness (QED) is 0.784. The average molecular weight is 236 g/mol. The molecule has 0 heterocycles. The first-order chi connectivity index (χ1) is 7.70. The van der Waals surface area contributed by atoms with Gasteiger partial charge in [0, 0.05) is 17.0 Å². The standard InChI is InChI=1S/C12H16N2OS/c1-16-11-5-3-2-4-10(11)12(15)14-9-6-8(13)7-9/h2-5,8-9H,6-7,13H2,1H3,(H,14,15). The van der Waals surface area contributed by atoms with E-state index in [0.717, 1.165) is 23.3 Å². The molecule has 1 aromatic rings. The summed E-state index contributed by atoms with van der Waals surface area (Å²) < 4.78 is 0. The van der Waals surface area contributed by atoms with Crippen molar-refractivity contribution in [1.82, 2.24) is 5.32 Å². The van der Waals surface area contributed by atoms with Gasteiger partial charge in [-0.2, -0.15) is 0 Å². The molecule has 0 radical (unpaired) electrons. The van der Waals surface area contributed by atoms with E-state index in [-0.39, 0.29) is 18.0 Å². The highest BCUT2D eigenvalue weighted by atomic mass is 32.2. The fourth-order valence-electron chi connectivity index (χ4n) is 1.88. The molecule has 1 saturated carbocycles. The number of nitrogens with one attached hydrogen (secondary N) is 1. The molecule has 4 heteroatoms. The first-order valence-electron chi connectivity index (χ1n) is 5.40. The third-order valence-corrected chi connectivity index (χ3v) is 3.66. The second kappa shape index (κ2) is 4.89. The first-order valence-corrected chi connectivity index (χ1v) is 6.62. The molecule has 3 N–H and O–H groups in total. The van der Waals surface area contributed by atoms with Gasteiger partial charge in [0.05, 0.1) is 5.56 Å². The molecule has 0 unspecified atom stereocenters. The molecule has 0 aliphatic heterocycles. The number of nitrogens with two attached hydrogens (primary N) is 1. The highest BCUT2D eigenvalue weighted by Gasteiger charge is 2.27. The van der Waals surface area contributed by atoms with Gasteiger partial charge in [-0.3, -0.25) is 4.79 Å². The molecule has 0 bridgehead atoms. The van der Waals surface area contributed by atoms with Crippen molar-refractivity contribution in [3.8, 4) is 0 Å². The van der Waals surface area contributed by atoms with Crippen LogP contribution in [-0.4, -0.2) is 24.2 Å². The maximum absolute atomic E-state index is 12.0. The number of carbonyl (C=O) groups excluding carboxylic acids is 1. The Morgan fingerprint density at radius 1 is 1.44 bits per heavy atom. The maximum atomic E-state index is 12.0. The van der Waals surface area contributed by atoms with Crippen LogP contribution >= 0.6 is 11.8 Å². The number of rotatable bonds is 3. The van der Waals surface area contributed by atoms with Crippen LogP contribution in [0.4, 0.5) is 0 Å². The molecule has 1 aliphatic rings. The van der Waals surface area contributed by atoms with Crippen molar-refractivity contribution in [1.29, 1.82) is 0 Å². The minimum Gasteiger partial charge on any atom is -0.349 e. The van der Waals surface area contributed by atoms with E-state index in [2.05, 4.69) is 5.32 Å². The first kappa shape index (κ1) is 11.5. The van der Waals surface area contributed by atoms with E-state index in [1.165, 1.54) is 0 Å². The molecule has 3 nitrogen and oxygen atoms in total. The Hall–Kier alpha value is -1.00. The zero-order valence-electron chi connectivity index (χ0n) is 9.27. The minimum atomic E-state index is 0.0156. The molecule has 1 aliphatic carbocycles. The van der Waals surface area contributed by atoms with Gasteiger partial charge >= 0.3 is 0 Å². The third kappa shape index (κ3) is 2.39. The fraction of sp³-hybridized carbons (Fsp3) is 0.417. The van der Waals surface area contributed by atoms with E-state index in [1.54, 1.807) is 11.8 Å². The van der Waals surface area contributed by atoms with E-state index >= 15 is 0 Å². The van der Waals surface area contributed by atoms with E-state index in [9.17, 15) is 4.79 Å². The summed E-state index contributed by atoms with van der Waals surface area (Å²) in [5, 5.41) is 3.01. The van der Waals surface area contributed by atoms with Crippen LogP contribution in [0.25, 0.3) is 0 Å². The second-order valence-electron chi connectivity index (χ2n) is 4.10. The molecule has 1 amide bonds. The van der Waals surface area contributed by atoms with Gasteiger partial charge in [0.15, 0.2) is 0 Å². The molecule has 0 saturated heterocycles. The number of amides is 1. The monoisotopic (exact) mass is 236 g/mol. The predicted octanol–water partition coefficient (Wildman–Crippen LogP) is 1.63. The molecular formula is C12H16N2OS. The largest absolute Gasteiger partial charge is 0.349 e. The lowest BCUT2D eigenvalue weighted by molar-refractivity contribution is 0.0907. The zero-order valence-corrected chi connectivity index (χ0v) is 10.1. The van der Waals surface area contributed by atoms with Crippen LogP contribution in [0.3, 0.4) is 0 Å². The van der Waals surface area contributed by atoms with Crippen molar-refractivity contribution in [2.45, 2.75) is 29.8 Å². The number of thioether (sulfide) groups is 1. The van der Waals surface area contributed by atoms with Gasteiger partial charge in [-0.1, -0.05) is 12.1 Å². The van der Waals surface area contributed by atoms with Crippen molar-refractivity contribution in [2.24, 2.45) is 5.73 Å². The molecule has 1 aromatic carbocycles. The Labute approximate surface area is 99.8 Å². The molecule has 0 aromatic heterocycles. The summed E-state index contributed by atoms with van der Waals surface area (Å²) in [6.07, 6.45) is 3.77. The van der Waals surface area contributed by atoms with Gasteiger partial charge in [0.2, 0.25) is 0 Å². The van der Waals surface area contributed by atoms with E-state index in [1.807, 2.05) is 30.5 Å². The Balaban J connectivity index is 2.03. The van der Waals surface area contributed by atoms with Crippen LogP contribution in [0.2, 0.25) is 0 Å². The molecular weight excluding hydrogens is 220 g/mol. The van der Waals surface area contributed by atoms with Crippen LogP contribution in [0.15, 0.2) is 29.2 Å². The van der Waals surface area contributed by atoms with Crippen molar-refractivity contribution >= 4 is 17.7 Å². The number of hydrogen-bond acceptors (Lipinski definition) is 3. The lowest BCUT2D eigenvalue weighted by Crippen LogP contribution is -2.50. The Morgan fingerprint density at radius 3 is 2.75 bits per heavy atom. The van der Waals surface area contributed by atoms with Gasteiger partial charge in [-0.25, -0.2) is 0 Å². The second-order valence-corrected chi connectivity index (χ2v) is 4.95. The molecule has 16 heavy (non-hydrogen) atoms. The summed E-state index contributed by atoms with van der Waals surface area (Å²) in [5.41, 5.74) is 6.44. The molecule has 2 rings (SSSR count). The van der Waals surface area contributed by atoms with Crippen molar-refractivity contribution in [2.75, 3.05) is 6.26 Å². The molecule has 1 fully saturated rings. The maximum Gasteiger partial charge on any atom is 0.252 e. The van der Waals surface area contributed by atoms with Crippen LogP contribution in [0, 0.1) is 0 Å². The number of carbonyl (C=O) groups is 1. The van der Waals surface area contributed by atoms with Crippen LogP contribution in [0.5, 0.6) is 0 Å². The smallest absolute Gasteiger partial charge is 0.252 e. The Morgan fingerprint density at radius 2 is 2.12 bits per heavy atom. The molecule has 0 atom stereocenters. The van der Waals surface area contributed by atoms with Gasteiger partial charge in [-0.05, 0) is 31.2 Å². The van der Waals surface area contributed by atoms with Crippen LogP contribution in [0.1, 0.15) is 23.2 Å². The van der Waals surface area contributed by atoms with Gasteiger partial charge in [-0.15, -0.1) is 11.8 Å². The fourth-order valence-corrected chi connectivity index (χ4v) is 2.47. The highest BCUT2D eigenvalue weighted by Crippen LogP contribution is 2.22. The van der Waals surface area contributed by atoms with Gasteiger partial charge in [0.25, 0.3) is 5.91 Å². The average Bonchev–Trinajstić information content (AvgIpc) is 2.27. The Bertz CT molecular complexity index is 388. The third-order valence-electron chi connectivity index (χ3n) is 2.86. The SMILES string of the molecule is CSc1ccccc1C(=O)NC1CC(N)C1. The van der Waals surface area contributed by atoms with Crippen LogP contribution < -0.4 is 11.1 Å². The van der Waals surface area contributed by atoms with Crippen molar-refractivity contribution in [3.63, 3.8) is 0 Å². The predicted molar refractivity (Wildman–Crippen MR) is 66.7 cm³/mol. The van der Waals surface area contributed by atoms with Gasteiger partial charge < -0.3 is 11.1 Å². The van der Waals surface area contributed by atoms with Crippen molar-refractivity contribution in [3.05, 3.63) is 29.8 Å². The topological polar surface area (TPSA) is 55.1 Å². The van der Waals surface area contributed by atoms with E-state index in [4.69, 9.17) is 5.73 Å². The Kier molecular flexibility index (Phi) is 3.51. The van der Waals surface area contributed by atoms with Gasteiger partial charge in [0.1, 0.15) is 0 Å². The number of benzene rings is 1. The lowest BCUT2D eigenvalue weighted by atomic mass is 9.87. The summed E-state index contributed by atoms with van der Waals surface area (Å²) in [6.45, 7) is 0. The van der Waals surface area contributed by atoms with E-state index < -0.39 is 0 Å². The van der Waals surface area contributed by atoms with E-state index in [0.29, 0.717) is 0 Å². The summed E-state index contributed by atoms with van der Waals surface area (Å²) in [5.74, 6) is 0.0156. The zero-order chi connectivity index (χ0) is 11.5. The highest BCUT2D eigenvalue weighted by molar-refractivity contribution is 7.98. The summed E-state index contributed by atoms with van der Waals surface area (Å²) in [4.78, 5) is 13.0. The summed E-state index contributed by atoms with van der Waals surface area (Å²) in [6, 6.07) is 8.19. The number of hydrogen-bond donors (Lipinski definition) is 2. The molecule has 0 spiro atoms. The lowest BCUT2D eigenvalue weighted by Gasteiger charge is -2.33. The molecule has 86 valence electrons. The summed E-state index contributed by atoms with van der Waals surface area (Å²) >= 11 is 1.59.